The van der Waals surface area contributed by atoms with E-state index in [2.05, 4.69) is 5.32 Å². The molecule has 0 heterocycles. The lowest BCUT2D eigenvalue weighted by molar-refractivity contribution is -0.127. The van der Waals surface area contributed by atoms with Gasteiger partial charge in [-0.15, -0.1) is 0 Å². The number of rotatable bonds is 7. The summed E-state index contributed by atoms with van der Waals surface area (Å²) in [5.41, 5.74) is 2.19. The number of benzene rings is 1. The SMILES string of the molecule is CCN(CC(=O)NC(C(C)=O)C(C)C)c1ccccc1C. The Labute approximate surface area is 127 Å². The number of amides is 1. The lowest BCUT2D eigenvalue weighted by Crippen LogP contribution is -2.47. The van der Waals surface area contributed by atoms with Gasteiger partial charge in [-0.1, -0.05) is 32.0 Å². The van der Waals surface area contributed by atoms with Gasteiger partial charge in [0.1, 0.15) is 0 Å². The summed E-state index contributed by atoms with van der Waals surface area (Å²) in [6, 6.07) is 7.58. The second-order valence-electron chi connectivity index (χ2n) is 5.70. The van der Waals surface area contributed by atoms with Crippen LogP contribution in [0.15, 0.2) is 24.3 Å². The molecule has 1 amide bonds. The van der Waals surface area contributed by atoms with E-state index in [9.17, 15) is 9.59 Å². The molecule has 1 N–H and O–H groups in total. The van der Waals surface area contributed by atoms with Gasteiger partial charge in [0, 0.05) is 12.2 Å². The third kappa shape index (κ3) is 4.88. The molecular weight excluding hydrogens is 264 g/mol. The molecule has 21 heavy (non-hydrogen) atoms. The van der Waals surface area contributed by atoms with Crippen LogP contribution in [0.25, 0.3) is 0 Å². The molecule has 0 fully saturated rings. The number of ketones is 1. The van der Waals surface area contributed by atoms with Crippen LogP contribution in [0.5, 0.6) is 0 Å². The Bertz CT molecular complexity index is 497. The topological polar surface area (TPSA) is 49.4 Å². The highest BCUT2D eigenvalue weighted by Gasteiger charge is 2.21. The maximum atomic E-state index is 12.2. The number of hydrogen-bond acceptors (Lipinski definition) is 3. The van der Waals surface area contributed by atoms with E-state index in [-0.39, 0.29) is 24.2 Å². The Morgan fingerprint density at radius 1 is 1.24 bits per heavy atom. The number of nitrogens with zero attached hydrogens (tertiary/aromatic N) is 1. The van der Waals surface area contributed by atoms with Crippen molar-refractivity contribution in [2.24, 2.45) is 5.92 Å². The fourth-order valence-corrected chi connectivity index (χ4v) is 2.42. The molecule has 4 heteroatoms. The molecule has 116 valence electrons. The Morgan fingerprint density at radius 2 is 1.86 bits per heavy atom. The minimum atomic E-state index is -0.409. The number of aryl methyl sites for hydroxylation is 1. The van der Waals surface area contributed by atoms with Crippen LogP contribution < -0.4 is 10.2 Å². The van der Waals surface area contributed by atoms with Gasteiger partial charge in [0.05, 0.1) is 12.6 Å². The van der Waals surface area contributed by atoms with Crippen LogP contribution in [-0.2, 0) is 9.59 Å². The summed E-state index contributed by atoms with van der Waals surface area (Å²) in [6.45, 7) is 10.4. The minimum absolute atomic E-state index is 0.00251. The number of carbonyl (C=O) groups is 2. The molecule has 0 saturated carbocycles. The van der Waals surface area contributed by atoms with Crippen molar-refractivity contribution in [1.82, 2.24) is 5.32 Å². The lowest BCUT2D eigenvalue weighted by Gasteiger charge is -2.26. The standard InChI is InChI=1S/C17H26N2O2/c1-6-19(15-10-8-7-9-13(15)4)11-16(21)18-17(12(2)3)14(5)20/h7-10,12,17H,6,11H2,1-5H3,(H,18,21). The van der Waals surface area contributed by atoms with Crippen LogP contribution in [0.3, 0.4) is 0 Å². The molecule has 0 aliphatic rings. The van der Waals surface area contributed by atoms with Crippen molar-refractivity contribution < 1.29 is 9.59 Å². The Balaban J connectivity index is 2.76. The van der Waals surface area contributed by atoms with Gasteiger partial charge in [0.2, 0.25) is 5.91 Å². The Morgan fingerprint density at radius 3 is 2.33 bits per heavy atom. The summed E-state index contributed by atoms with van der Waals surface area (Å²) in [6.07, 6.45) is 0. The zero-order valence-electron chi connectivity index (χ0n) is 13.6. The van der Waals surface area contributed by atoms with Gasteiger partial charge in [-0.05, 0) is 38.3 Å². The van der Waals surface area contributed by atoms with E-state index in [0.717, 1.165) is 17.8 Å². The van der Waals surface area contributed by atoms with Crippen molar-refractivity contribution in [2.75, 3.05) is 18.0 Å². The zero-order chi connectivity index (χ0) is 16.0. The van der Waals surface area contributed by atoms with Crippen LogP contribution in [0, 0.1) is 12.8 Å². The number of para-hydroxylation sites is 1. The molecular formula is C17H26N2O2. The summed E-state index contributed by atoms with van der Waals surface area (Å²) in [5.74, 6) is -0.0220. The first-order valence-electron chi connectivity index (χ1n) is 7.47. The van der Waals surface area contributed by atoms with Crippen LogP contribution in [0.1, 0.15) is 33.3 Å². The normalized spacial score (nSPS) is 12.1. The van der Waals surface area contributed by atoms with E-state index in [1.165, 1.54) is 6.92 Å². The molecule has 1 atom stereocenters. The third-order valence-electron chi connectivity index (χ3n) is 3.59. The Hall–Kier alpha value is -1.84. The summed E-state index contributed by atoms with van der Waals surface area (Å²) < 4.78 is 0. The predicted octanol–water partition coefficient (Wildman–Crippen LogP) is 2.55. The van der Waals surface area contributed by atoms with Crippen molar-refractivity contribution in [2.45, 2.75) is 40.7 Å². The van der Waals surface area contributed by atoms with Crippen molar-refractivity contribution in [3.05, 3.63) is 29.8 Å². The van der Waals surface area contributed by atoms with E-state index in [1.807, 2.05) is 56.9 Å². The predicted molar refractivity (Wildman–Crippen MR) is 86.5 cm³/mol. The van der Waals surface area contributed by atoms with Gasteiger partial charge >= 0.3 is 0 Å². The second kappa shape index (κ2) is 7.81. The monoisotopic (exact) mass is 290 g/mol. The van der Waals surface area contributed by atoms with Crippen LogP contribution in [0.2, 0.25) is 0 Å². The van der Waals surface area contributed by atoms with Crippen molar-refractivity contribution in [3.63, 3.8) is 0 Å². The zero-order valence-corrected chi connectivity index (χ0v) is 13.6. The molecule has 0 aromatic heterocycles. The minimum Gasteiger partial charge on any atom is -0.362 e. The summed E-state index contributed by atoms with van der Waals surface area (Å²) in [7, 11) is 0. The van der Waals surface area contributed by atoms with Gasteiger partial charge in [-0.2, -0.15) is 0 Å². The van der Waals surface area contributed by atoms with Crippen LogP contribution >= 0.6 is 0 Å². The highest BCUT2D eigenvalue weighted by Crippen LogP contribution is 2.18. The van der Waals surface area contributed by atoms with E-state index < -0.39 is 6.04 Å². The van der Waals surface area contributed by atoms with Gasteiger partial charge in [0.25, 0.3) is 0 Å². The lowest BCUT2D eigenvalue weighted by atomic mass is 10.0. The smallest absolute Gasteiger partial charge is 0.240 e. The molecule has 1 aromatic carbocycles. The van der Waals surface area contributed by atoms with Crippen LogP contribution in [0.4, 0.5) is 5.69 Å². The van der Waals surface area contributed by atoms with Gasteiger partial charge in [-0.3, -0.25) is 9.59 Å². The van der Waals surface area contributed by atoms with E-state index in [0.29, 0.717) is 0 Å². The number of nitrogens with one attached hydrogen (secondary N) is 1. The molecule has 1 aromatic rings. The molecule has 1 rings (SSSR count). The highest BCUT2D eigenvalue weighted by molar-refractivity contribution is 5.89. The first-order valence-corrected chi connectivity index (χ1v) is 7.47. The second-order valence-corrected chi connectivity index (χ2v) is 5.70. The molecule has 4 nitrogen and oxygen atoms in total. The van der Waals surface area contributed by atoms with Gasteiger partial charge < -0.3 is 10.2 Å². The summed E-state index contributed by atoms with van der Waals surface area (Å²) >= 11 is 0. The largest absolute Gasteiger partial charge is 0.362 e. The average Bonchev–Trinajstić information content (AvgIpc) is 2.42. The highest BCUT2D eigenvalue weighted by atomic mass is 16.2. The van der Waals surface area contributed by atoms with Gasteiger partial charge in [-0.25, -0.2) is 0 Å². The molecule has 0 radical (unpaired) electrons. The quantitative estimate of drug-likeness (QED) is 0.839. The number of likely N-dealkylation sites (N-methyl/N-ethyl adjacent to an activating group) is 1. The fourth-order valence-electron chi connectivity index (χ4n) is 2.42. The van der Waals surface area contributed by atoms with Crippen molar-refractivity contribution >= 4 is 17.4 Å². The van der Waals surface area contributed by atoms with Crippen LogP contribution in [-0.4, -0.2) is 30.8 Å². The number of hydrogen-bond donors (Lipinski definition) is 1. The number of anilines is 1. The first-order chi connectivity index (χ1) is 9.86. The average molecular weight is 290 g/mol. The summed E-state index contributed by atoms with van der Waals surface area (Å²) in [5, 5.41) is 2.84. The van der Waals surface area contributed by atoms with E-state index >= 15 is 0 Å². The molecule has 1 unspecified atom stereocenters. The molecule has 0 spiro atoms. The molecule has 0 saturated heterocycles. The maximum absolute atomic E-state index is 12.2. The first kappa shape index (κ1) is 17.2. The molecule has 0 bridgehead atoms. The molecule has 0 aliphatic heterocycles. The Kier molecular flexibility index (Phi) is 6.40. The van der Waals surface area contributed by atoms with Crippen molar-refractivity contribution in [1.29, 1.82) is 0 Å². The van der Waals surface area contributed by atoms with Crippen molar-refractivity contribution in [3.8, 4) is 0 Å². The molecule has 0 aliphatic carbocycles. The van der Waals surface area contributed by atoms with E-state index in [4.69, 9.17) is 0 Å². The fraction of sp³-hybridized carbons (Fsp3) is 0.529. The number of Topliss-reactive ketones (excluding diaryl/α,β-unsaturated/α-hetero) is 1. The summed E-state index contributed by atoms with van der Waals surface area (Å²) in [4.78, 5) is 25.8. The van der Waals surface area contributed by atoms with Gasteiger partial charge in [0.15, 0.2) is 5.78 Å². The van der Waals surface area contributed by atoms with E-state index in [1.54, 1.807) is 0 Å². The third-order valence-corrected chi connectivity index (χ3v) is 3.59. The number of carbonyl (C=O) groups excluding carboxylic acids is 2. The maximum Gasteiger partial charge on any atom is 0.240 e.